The average molecular weight is 441 g/mol. The van der Waals surface area contributed by atoms with Gasteiger partial charge in [0.25, 0.3) is 5.91 Å². The summed E-state index contributed by atoms with van der Waals surface area (Å²) in [5.74, 6) is -1.30. The van der Waals surface area contributed by atoms with E-state index >= 15 is 0 Å². The molecule has 3 N–H and O–H groups in total. The van der Waals surface area contributed by atoms with Gasteiger partial charge in [0.15, 0.2) is 0 Å². The van der Waals surface area contributed by atoms with Crippen LogP contribution in [0.15, 0.2) is 35.9 Å². The quantitative estimate of drug-likeness (QED) is 0.339. The van der Waals surface area contributed by atoms with E-state index in [0.29, 0.717) is 13.0 Å². The number of nitrogens with zero attached hydrogens (tertiary/aromatic N) is 2. The molecule has 2 amide bonds. The Morgan fingerprint density at radius 1 is 1.34 bits per heavy atom. The fourth-order valence-corrected chi connectivity index (χ4v) is 3.58. The van der Waals surface area contributed by atoms with Gasteiger partial charge in [0.1, 0.15) is 18.2 Å². The van der Waals surface area contributed by atoms with Gasteiger partial charge in [-0.1, -0.05) is 56.7 Å². The molecule has 0 aliphatic carbocycles. The molecule has 0 saturated carbocycles. The topological polar surface area (TPSA) is 123 Å². The second-order valence-electron chi connectivity index (χ2n) is 9.28. The van der Waals surface area contributed by atoms with Gasteiger partial charge >= 0.3 is 13.2 Å². The lowest BCUT2D eigenvalue weighted by atomic mass is 9.76. The molecule has 8 nitrogen and oxygen atoms in total. The summed E-state index contributed by atoms with van der Waals surface area (Å²) in [4.78, 5) is 26.7. The Kier molecular flexibility index (Phi) is 8.87. The molecule has 9 heteroatoms. The van der Waals surface area contributed by atoms with Crippen molar-refractivity contribution in [2.24, 2.45) is 5.41 Å². The van der Waals surface area contributed by atoms with E-state index in [1.807, 2.05) is 58.0 Å². The molecular formula is C23H32BN3O5. The van der Waals surface area contributed by atoms with Gasteiger partial charge in [-0.3, -0.25) is 4.79 Å². The summed E-state index contributed by atoms with van der Waals surface area (Å²) in [6, 6.07) is 9.18. The summed E-state index contributed by atoms with van der Waals surface area (Å²) >= 11 is 0. The number of allylic oxidation sites excluding steroid dienone is 1. The smallest absolute Gasteiger partial charge is 0.447 e. The van der Waals surface area contributed by atoms with Crippen molar-refractivity contribution < 1.29 is 24.4 Å². The summed E-state index contributed by atoms with van der Waals surface area (Å²) in [7, 11) is -1.76. The van der Waals surface area contributed by atoms with Crippen LogP contribution in [0.2, 0.25) is 0 Å². The summed E-state index contributed by atoms with van der Waals surface area (Å²) in [5.41, 5.74) is 1.69. The Balaban J connectivity index is 1.95. The van der Waals surface area contributed by atoms with Gasteiger partial charge in [-0.15, -0.1) is 0 Å². The van der Waals surface area contributed by atoms with Crippen LogP contribution in [0.25, 0.3) is 0 Å². The number of nitriles is 1. The Bertz CT molecular complexity index is 871. The molecule has 0 spiro atoms. The van der Waals surface area contributed by atoms with Crippen LogP contribution >= 0.6 is 0 Å². The predicted octanol–water partition coefficient (Wildman–Crippen LogP) is 2.13. The second kappa shape index (κ2) is 11.2. The molecule has 32 heavy (non-hydrogen) atoms. The third-order valence-electron chi connectivity index (χ3n) is 5.21. The maximum Gasteiger partial charge on any atom is 0.475 e. The molecule has 1 heterocycles. The standard InChI is InChI=1S/C23H32BN3O5/c1-16-7-9-17(10-8-16)12-20(24(30)31)26-22(29)32-15-19-6-5-11-27(19)21(28)18(14-25)13-23(2,3)4/h7-10,13,19-20,30-31H,5-6,11-12,15H2,1-4H3,(H,26,29)/b18-13+/t19-,20+/m1/s1. The summed E-state index contributed by atoms with van der Waals surface area (Å²) in [5, 5.41) is 31.2. The minimum absolute atomic E-state index is 0.0371. The number of ether oxygens (including phenoxy) is 1. The molecule has 1 saturated heterocycles. The number of carbonyl (C=O) groups is 2. The van der Waals surface area contributed by atoms with Gasteiger partial charge in [-0.05, 0) is 37.2 Å². The zero-order valence-corrected chi connectivity index (χ0v) is 19.2. The number of amides is 2. The van der Waals surface area contributed by atoms with Crippen LogP contribution in [-0.2, 0) is 16.0 Å². The number of hydrogen-bond donors (Lipinski definition) is 3. The highest BCUT2D eigenvalue weighted by atomic mass is 16.5. The van der Waals surface area contributed by atoms with Gasteiger partial charge < -0.3 is 25.0 Å². The number of rotatable bonds is 7. The van der Waals surface area contributed by atoms with E-state index in [2.05, 4.69) is 5.32 Å². The largest absolute Gasteiger partial charge is 0.475 e. The molecule has 0 bridgehead atoms. The third kappa shape index (κ3) is 7.70. The number of alkyl carbamates (subject to hydrolysis) is 1. The van der Waals surface area contributed by atoms with E-state index in [-0.39, 0.29) is 36.0 Å². The number of likely N-dealkylation sites (tertiary alicyclic amines) is 1. The van der Waals surface area contributed by atoms with Gasteiger partial charge in [0.2, 0.25) is 0 Å². The third-order valence-corrected chi connectivity index (χ3v) is 5.21. The second-order valence-corrected chi connectivity index (χ2v) is 9.28. The van der Waals surface area contributed by atoms with Crippen molar-refractivity contribution in [3.05, 3.63) is 47.0 Å². The SMILES string of the molecule is Cc1ccc(C[C@H](NC(=O)OC[C@H]2CCCN2C(=O)/C(C#N)=C/C(C)(C)C)B(O)O)cc1. The number of carbonyl (C=O) groups excluding carboxylic acids is 2. The van der Waals surface area contributed by atoms with Crippen molar-refractivity contribution in [3.8, 4) is 6.07 Å². The zero-order valence-electron chi connectivity index (χ0n) is 19.2. The monoisotopic (exact) mass is 441 g/mol. The van der Waals surface area contributed by atoms with Crippen molar-refractivity contribution >= 4 is 19.1 Å². The van der Waals surface area contributed by atoms with E-state index in [0.717, 1.165) is 17.5 Å². The molecule has 2 atom stereocenters. The van der Waals surface area contributed by atoms with Gasteiger partial charge in [-0.25, -0.2) is 4.79 Å². The molecule has 0 aromatic heterocycles. The molecule has 1 aliphatic rings. The molecule has 172 valence electrons. The Labute approximate surface area is 190 Å². The lowest BCUT2D eigenvalue weighted by Gasteiger charge is -2.25. The van der Waals surface area contributed by atoms with E-state index < -0.39 is 19.2 Å². The number of benzene rings is 1. The minimum atomic E-state index is -1.76. The van der Waals surface area contributed by atoms with E-state index in [1.165, 1.54) is 0 Å². The minimum Gasteiger partial charge on any atom is -0.447 e. The van der Waals surface area contributed by atoms with Crippen LogP contribution in [0.5, 0.6) is 0 Å². The normalized spacial score (nSPS) is 17.5. The molecule has 1 aromatic carbocycles. The van der Waals surface area contributed by atoms with Crippen LogP contribution < -0.4 is 5.32 Å². The van der Waals surface area contributed by atoms with Crippen molar-refractivity contribution in [2.45, 2.75) is 58.9 Å². The van der Waals surface area contributed by atoms with Crippen molar-refractivity contribution in [1.82, 2.24) is 10.2 Å². The van der Waals surface area contributed by atoms with Crippen molar-refractivity contribution in [3.63, 3.8) is 0 Å². The predicted molar refractivity (Wildman–Crippen MR) is 121 cm³/mol. The summed E-state index contributed by atoms with van der Waals surface area (Å²) in [6.07, 6.45) is 2.49. The Morgan fingerprint density at radius 2 is 2.00 bits per heavy atom. The number of nitrogens with one attached hydrogen (secondary N) is 1. The lowest BCUT2D eigenvalue weighted by Crippen LogP contribution is -2.49. The van der Waals surface area contributed by atoms with Gasteiger partial charge in [0.05, 0.1) is 12.0 Å². The van der Waals surface area contributed by atoms with Gasteiger partial charge in [0, 0.05) is 6.54 Å². The highest BCUT2D eigenvalue weighted by Crippen LogP contribution is 2.23. The van der Waals surface area contributed by atoms with Crippen LogP contribution in [0, 0.1) is 23.7 Å². The van der Waals surface area contributed by atoms with E-state index in [4.69, 9.17) is 4.74 Å². The van der Waals surface area contributed by atoms with E-state index in [9.17, 15) is 24.9 Å². The zero-order chi connectivity index (χ0) is 23.9. The summed E-state index contributed by atoms with van der Waals surface area (Å²) in [6.45, 7) is 8.14. The molecular weight excluding hydrogens is 409 g/mol. The molecule has 1 aromatic rings. The fraction of sp³-hybridized carbons (Fsp3) is 0.522. The van der Waals surface area contributed by atoms with Crippen molar-refractivity contribution in [2.75, 3.05) is 13.2 Å². The average Bonchev–Trinajstić information content (AvgIpc) is 3.19. The van der Waals surface area contributed by atoms with Crippen LogP contribution in [0.1, 0.15) is 44.7 Å². The van der Waals surface area contributed by atoms with Crippen LogP contribution in [0.3, 0.4) is 0 Å². The van der Waals surface area contributed by atoms with E-state index in [1.54, 1.807) is 11.0 Å². The van der Waals surface area contributed by atoms with Crippen LogP contribution in [0.4, 0.5) is 4.79 Å². The maximum absolute atomic E-state index is 12.8. The first-order chi connectivity index (χ1) is 15.0. The highest BCUT2D eigenvalue weighted by Gasteiger charge is 2.33. The molecule has 1 fully saturated rings. The first-order valence-electron chi connectivity index (χ1n) is 10.8. The number of hydrogen-bond acceptors (Lipinski definition) is 6. The Hall–Kier alpha value is -2.83. The number of aryl methyl sites for hydroxylation is 1. The first-order valence-corrected chi connectivity index (χ1v) is 10.8. The molecule has 2 rings (SSSR count). The van der Waals surface area contributed by atoms with Crippen molar-refractivity contribution in [1.29, 1.82) is 5.26 Å². The maximum atomic E-state index is 12.8. The first kappa shape index (κ1) is 25.4. The summed E-state index contributed by atoms with van der Waals surface area (Å²) < 4.78 is 5.29. The van der Waals surface area contributed by atoms with Gasteiger partial charge in [-0.2, -0.15) is 5.26 Å². The Morgan fingerprint density at radius 3 is 2.56 bits per heavy atom. The molecule has 0 radical (unpaired) electrons. The lowest BCUT2D eigenvalue weighted by molar-refractivity contribution is -0.128. The molecule has 0 unspecified atom stereocenters. The fourth-order valence-electron chi connectivity index (χ4n) is 3.58. The highest BCUT2D eigenvalue weighted by molar-refractivity contribution is 6.43. The van der Waals surface area contributed by atoms with Crippen LogP contribution in [-0.4, -0.2) is 59.2 Å². The molecule has 1 aliphatic heterocycles.